The molecule has 1 unspecified atom stereocenters. The molecule has 6 heteroatoms. The van der Waals surface area contributed by atoms with Gasteiger partial charge in [-0.2, -0.15) is 0 Å². The second kappa shape index (κ2) is 11.2. The van der Waals surface area contributed by atoms with Gasteiger partial charge in [0, 0.05) is 31.7 Å². The number of nitrogens with one attached hydrogen (secondary N) is 1. The number of ether oxygens (including phenoxy) is 1. The minimum atomic E-state index is -0.517. The summed E-state index contributed by atoms with van der Waals surface area (Å²) in [6.07, 6.45) is 1.18. The Bertz CT molecular complexity index is 650. The van der Waals surface area contributed by atoms with E-state index in [1.807, 2.05) is 25.7 Å². The Balaban J connectivity index is 1.93. The molecule has 1 N–H and O–H groups in total. The average Bonchev–Trinajstić information content (AvgIpc) is 2.70. The van der Waals surface area contributed by atoms with Crippen LogP contribution in [0.4, 0.5) is 0 Å². The van der Waals surface area contributed by atoms with E-state index in [-0.39, 0.29) is 17.7 Å². The molecule has 0 aromatic heterocycles. The van der Waals surface area contributed by atoms with Crippen LogP contribution in [-0.2, 0) is 4.79 Å². The normalized spacial score (nSPS) is 16.2. The van der Waals surface area contributed by atoms with Crippen LogP contribution in [-0.4, -0.2) is 67.0 Å². The van der Waals surface area contributed by atoms with Crippen molar-refractivity contribution in [3.8, 4) is 5.75 Å². The highest BCUT2D eigenvalue weighted by Crippen LogP contribution is 2.15. The Morgan fingerprint density at radius 1 is 1.03 bits per heavy atom. The first-order valence-electron chi connectivity index (χ1n) is 10.9. The number of piperazine rings is 1. The monoisotopic (exact) mass is 403 g/mol. The summed E-state index contributed by atoms with van der Waals surface area (Å²) in [5, 5.41) is 2.95. The van der Waals surface area contributed by atoms with E-state index in [2.05, 4.69) is 24.1 Å². The first kappa shape index (κ1) is 23.2. The SMILES string of the molecule is CCOc1ccc(C(=O)NC(C(=O)N2CCN(CCC(C)C)CC2)C(C)C)cc1. The minimum Gasteiger partial charge on any atom is -0.494 e. The molecule has 1 saturated heterocycles. The van der Waals surface area contributed by atoms with Crippen LogP contribution in [0.5, 0.6) is 5.75 Å². The molecule has 0 bridgehead atoms. The van der Waals surface area contributed by atoms with Gasteiger partial charge in [0.25, 0.3) is 5.91 Å². The molecule has 6 nitrogen and oxygen atoms in total. The summed E-state index contributed by atoms with van der Waals surface area (Å²) in [6, 6.07) is 6.50. The first-order valence-corrected chi connectivity index (χ1v) is 10.9. The topological polar surface area (TPSA) is 61.9 Å². The van der Waals surface area contributed by atoms with E-state index in [0.29, 0.717) is 18.1 Å². The van der Waals surface area contributed by atoms with Crippen molar-refractivity contribution in [2.75, 3.05) is 39.3 Å². The fraction of sp³-hybridized carbons (Fsp3) is 0.652. The maximum Gasteiger partial charge on any atom is 0.251 e. The van der Waals surface area contributed by atoms with Gasteiger partial charge in [-0.15, -0.1) is 0 Å². The van der Waals surface area contributed by atoms with Gasteiger partial charge < -0.3 is 15.0 Å². The van der Waals surface area contributed by atoms with E-state index in [1.54, 1.807) is 24.3 Å². The molecule has 1 aliphatic heterocycles. The molecule has 0 spiro atoms. The van der Waals surface area contributed by atoms with Crippen LogP contribution >= 0.6 is 0 Å². The summed E-state index contributed by atoms with van der Waals surface area (Å²) in [4.78, 5) is 30.1. The zero-order valence-electron chi connectivity index (χ0n) is 18.6. The number of rotatable bonds is 9. The van der Waals surface area contributed by atoms with Gasteiger partial charge in [0.05, 0.1) is 6.61 Å². The van der Waals surface area contributed by atoms with Crippen molar-refractivity contribution >= 4 is 11.8 Å². The van der Waals surface area contributed by atoms with Crippen LogP contribution in [0, 0.1) is 11.8 Å². The molecule has 2 rings (SSSR count). The van der Waals surface area contributed by atoms with Gasteiger partial charge in [-0.3, -0.25) is 14.5 Å². The van der Waals surface area contributed by atoms with Crippen molar-refractivity contribution in [2.45, 2.75) is 47.1 Å². The van der Waals surface area contributed by atoms with Crippen molar-refractivity contribution in [3.05, 3.63) is 29.8 Å². The summed E-state index contributed by atoms with van der Waals surface area (Å²) in [6.45, 7) is 15.2. The predicted octanol–water partition coefficient (Wildman–Crippen LogP) is 3.03. The fourth-order valence-corrected chi connectivity index (χ4v) is 3.44. The van der Waals surface area contributed by atoms with Gasteiger partial charge in [0.2, 0.25) is 5.91 Å². The zero-order chi connectivity index (χ0) is 21.4. The number of hydrogen-bond donors (Lipinski definition) is 1. The van der Waals surface area contributed by atoms with Crippen LogP contribution in [0.2, 0.25) is 0 Å². The molecule has 1 aliphatic rings. The van der Waals surface area contributed by atoms with Gasteiger partial charge >= 0.3 is 0 Å². The zero-order valence-corrected chi connectivity index (χ0v) is 18.6. The lowest BCUT2D eigenvalue weighted by Crippen LogP contribution is -2.56. The third kappa shape index (κ3) is 7.03. The molecule has 0 aliphatic carbocycles. The standard InChI is InChI=1S/C23H37N3O3/c1-6-29-20-9-7-19(8-10-20)22(27)24-21(18(4)5)23(28)26-15-13-25(14-16-26)12-11-17(2)3/h7-10,17-18,21H,6,11-16H2,1-5H3,(H,24,27). The van der Waals surface area contributed by atoms with Crippen molar-refractivity contribution in [1.82, 2.24) is 15.1 Å². The number of carbonyl (C=O) groups is 2. The average molecular weight is 404 g/mol. The van der Waals surface area contributed by atoms with Crippen LogP contribution in [0.1, 0.15) is 51.4 Å². The number of benzene rings is 1. The maximum atomic E-state index is 13.1. The second-order valence-corrected chi connectivity index (χ2v) is 8.50. The summed E-state index contributed by atoms with van der Waals surface area (Å²) in [7, 11) is 0. The molecule has 1 atom stereocenters. The summed E-state index contributed by atoms with van der Waals surface area (Å²) in [5.74, 6) is 1.24. The third-order valence-corrected chi connectivity index (χ3v) is 5.35. The van der Waals surface area contributed by atoms with Crippen LogP contribution in [0.15, 0.2) is 24.3 Å². The van der Waals surface area contributed by atoms with Crippen LogP contribution < -0.4 is 10.1 Å². The highest BCUT2D eigenvalue weighted by Gasteiger charge is 2.30. The van der Waals surface area contributed by atoms with E-state index >= 15 is 0 Å². The highest BCUT2D eigenvalue weighted by atomic mass is 16.5. The number of nitrogens with zero attached hydrogens (tertiary/aromatic N) is 2. The lowest BCUT2D eigenvalue weighted by atomic mass is 10.0. The predicted molar refractivity (Wildman–Crippen MR) is 116 cm³/mol. The molecule has 29 heavy (non-hydrogen) atoms. The first-order chi connectivity index (χ1) is 13.8. The largest absolute Gasteiger partial charge is 0.494 e. The number of hydrogen-bond acceptors (Lipinski definition) is 4. The van der Waals surface area contributed by atoms with Crippen LogP contribution in [0.3, 0.4) is 0 Å². The Kier molecular flexibility index (Phi) is 8.96. The van der Waals surface area contributed by atoms with E-state index in [1.165, 1.54) is 6.42 Å². The molecular formula is C23H37N3O3. The van der Waals surface area contributed by atoms with E-state index < -0.39 is 6.04 Å². The van der Waals surface area contributed by atoms with Crippen molar-refractivity contribution in [2.24, 2.45) is 11.8 Å². The molecule has 1 heterocycles. The fourth-order valence-electron chi connectivity index (χ4n) is 3.44. The third-order valence-electron chi connectivity index (χ3n) is 5.35. The molecule has 1 aromatic rings. The lowest BCUT2D eigenvalue weighted by molar-refractivity contribution is -0.136. The minimum absolute atomic E-state index is 0.0165. The smallest absolute Gasteiger partial charge is 0.251 e. The summed E-state index contributed by atoms with van der Waals surface area (Å²) in [5.41, 5.74) is 0.533. The molecule has 1 fully saturated rings. The van der Waals surface area contributed by atoms with Crippen LogP contribution in [0.25, 0.3) is 0 Å². The lowest BCUT2D eigenvalue weighted by Gasteiger charge is -2.37. The number of carbonyl (C=O) groups excluding carboxylic acids is 2. The van der Waals surface area contributed by atoms with Crippen molar-refractivity contribution < 1.29 is 14.3 Å². The van der Waals surface area contributed by atoms with Crippen molar-refractivity contribution in [3.63, 3.8) is 0 Å². The van der Waals surface area contributed by atoms with E-state index in [0.717, 1.165) is 38.5 Å². The maximum absolute atomic E-state index is 13.1. The van der Waals surface area contributed by atoms with E-state index in [9.17, 15) is 9.59 Å². The number of amides is 2. The van der Waals surface area contributed by atoms with Gasteiger partial charge in [-0.1, -0.05) is 27.7 Å². The van der Waals surface area contributed by atoms with Crippen molar-refractivity contribution in [1.29, 1.82) is 0 Å². The molecule has 0 radical (unpaired) electrons. The van der Waals surface area contributed by atoms with E-state index in [4.69, 9.17) is 4.74 Å². The summed E-state index contributed by atoms with van der Waals surface area (Å²) >= 11 is 0. The Labute approximate surface area is 175 Å². The Morgan fingerprint density at radius 2 is 1.66 bits per heavy atom. The quantitative estimate of drug-likeness (QED) is 0.688. The van der Waals surface area contributed by atoms with Gasteiger partial charge in [-0.05, 0) is 56.0 Å². The molecular weight excluding hydrogens is 366 g/mol. The Hall–Kier alpha value is -2.08. The molecule has 162 valence electrons. The molecule has 2 amide bonds. The molecule has 1 aromatic carbocycles. The Morgan fingerprint density at radius 3 is 2.17 bits per heavy atom. The van der Waals surface area contributed by atoms with Gasteiger partial charge in [0.15, 0.2) is 0 Å². The highest BCUT2D eigenvalue weighted by molar-refractivity contribution is 5.97. The molecule has 0 saturated carbocycles. The van der Waals surface area contributed by atoms with Gasteiger partial charge in [-0.25, -0.2) is 0 Å². The second-order valence-electron chi connectivity index (χ2n) is 8.50. The summed E-state index contributed by atoms with van der Waals surface area (Å²) < 4.78 is 5.42. The van der Waals surface area contributed by atoms with Gasteiger partial charge in [0.1, 0.15) is 11.8 Å².